The highest BCUT2D eigenvalue weighted by Crippen LogP contribution is 2.14. The first-order valence-corrected chi connectivity index (χ1v) is 7.22. The maximum Gasteiger partial charge on any atom is 0.465 e. The van der Waals surface area contributed by atoms with Gasteiger partial charge in [0.05, 0.1) is 6.61 Å². The Bertz CT molecular complexity index is 589. The van der Waals surface area contributed by atoms with Gasteiger partial charge in [0, 0.05) is 0 Å². The van der Waals surface area contributed by atoms with E-state index in [-0.39, 0.29) is 5.75 Å². The highest BCUT2D eigenvalue weighted by Gasteiger charge is 2.25. The van der Waals surface area contributed by atoms with Crippen LogP contribution in [0.25, 0.3) is 0 Å². The molecule has 0 spiro atoms. The molecular weight excluding hydrogens is 284 g/mol. The van der Waals surface area contributed by atoms with E-state index in [1.54, 1.807) is 6.07 Å². The molecule has 0 heterocycles. The van der Waals surface area contributed by atoms with E-state index in [0.29, 0.717) is 0 Å². The van der Waals surface area contributed by atoms with Crippen molar-refractivity contribution in [3.8, 4) is 5.75 Å². The Kier molecular flexibility index (Phi) is 4.84. The van der Waals surface area contributed by atoms with E-state index in [1.165, 1.54) is 24.3 Å². The van der Waals surface area contributed by atoms with E-state index in [1.807, 2.05) is 0 Å². The summed E-state index contributed by atoms with van der Waals surface area (Å²) >= 11 is 0. The minimum atomic E-state index is -4.77. The molecule has 0 saturated heterocycles. The van der Waals surface area contributed by atoms with Crippen LogP contribution >= 0.6 is 0 Å². The second kappa shape index (κ2) is 5.96. The van der Waals surface area contributed by atoms with Crippen molar-refractivity contribution in [2.24, 2.45) is 0 Å². The molecule has 100 valence electrons. The summed E-state index contributed by atoms with van der Waals surface area (Å²) in [6, 6.07) is 7.28. The Morgan fingerprint density at radius 1 is 1.06 bits per heavy atom. The standard InChI is InChI=1S/C9H10O7S2/c1-2-8-14-17(10,11)16-18(12,13)15-9-6-4-3-5-7-9/h2-7H,1,8H2. The summed E-state index contributed by atoms with van der Waals surface area (Å²) in [5, 5.41) is 0. The minimum Gasteiger partial charge on any atom is -0.361 e. The van der Waals surface area contributed by atoms with Gasteiger partial charge in [-0.3, -0.25) is 0 Å². The Morgan fingerprint density at radius 2 is 1.67 bits per heavy atom. The Labute approximate surface area is 105 Å². The van der Waals surface area contributed by atoms with Crippen molar-refractivity contribution in [1.29, 1.82) is 0 Å². The quantitative estimate of drug-likeness (QED) is 0.685. The molecule has 0 radical (unpaired) electrons. The maximum atomic E-state index is 11.2. The normalized spacial score (nSPS) is 12.0. The van der Waals surface area contributed by atoms with Gasteiger partial charge in [-0.1, -0.05) is 27.9 Å². The first kappa shape index (κ1) is 14.6. The van der Waals surface area contributed by atoms with Gasteiger partial charge in [-0.05, 0) is 12.1 Å². The second-order valence-electron chi connectivity index (χ2n) is 2.85. The zero-order valence-corrected chi connectivity index (χ0v) is 10.7. The van der Waals surface area contributed by atoms with E-state index in [9.17, 15) is 16.8 Å². The lowest BCUT2D eigenvalue weighted by molar-refractivity contribution is 0.290. The summed E-state index contributed by atoms with van der Waals surface area (Å²) in [5.74, 6) is -0.0866. The average Bonchev–Trinajstić information content (AvgIpc) is 2.25. The van der Waals surface area contributed by atoms with Gasteiger partial charge < -0.3 is 4.18 Å². The molecule has 0 amide bonds. The third kappa shape index (κ3) is 5.27. The number of para-hydroxylation sites is 1. The predicted molar refractivity (Wildman–Crippen MR) is 62.1 cm³/mol. The topological polar surface area (TPSA) is 96.0 Å². The van der Waals surface area contributed by atoms with Crippen LogP contribution in [-0.2, 0) is 28.6 Å². The largest absolute Gasteiger partial charge is 0.465 e. The molecule has 0 N–H and O–H groups in total. The minimum absolute atomic E-state index is 0.0866. The summed E-state index contributed by atoms with van der Waals surface area (Å²) in [4.78, 5) is 0. The Hall–Kier alpha value is -1.42. The molecule has 0 aliphatic heterocycles. The van der Waals surface area contributed by atoms with E-state index in [0.717, 1.165) is 6.08 Å². The Morgan fingerprint density at radius 3 is 2.22 bits per heavy atom. The van der Waals surface area contributed by atoms with Crippen molar-refractivity contribution >= 4 is 20.8 Å². The van der Waals surface area contributed by atoms with Crippen LogP contribution in [0.1, 0.15) is 0 Å². The summed E-state index contributed by atoms with van der Waals surface area (Å²) in [6.07, 6.45) is 1.12. The zero-order chi connectivity index (χ0) is 13.6. The molecule has 1 aromatic rings. The number of rotatable bonds is 7. The lowest BCUT2D eigenvalue weighted by Crippen LogP contribution is -2.20. The molecule has 1 rings (SSSR count). The third-order valence-corrected chi connectivity index (χ3v) is 3.59. The molecule has 0 aliphatic rings. The molecule has 0 bridgehead atoms. The van der Waals surface area contributed by atoms with Gasteiger partial charge in [-0.2, -0.15) is 16.8 Å². The summed E-state index contributed by atoms with van der Waals surface area (Å²) in [5.41, 5.74) is 0. The SMILES string of the molecule is C=CCOS(=O)(=O)OS(=O)(=O)Oc1ccccc1. The van der Waals surface area contributed by atoms with Crippen molar-refractivity contribution in [1.82, 2.24) is 0 Å². The fraction of sp³-hybridized carbons (Fsp3) is 0.111. The summed E-state index contributed by atoms with van der Waals surface area (Å²) in [7, 11) is -9.48. The fourth-order valence-electron chi connectivity index (χ4n) is 0.861. The Balaban J connectivity index is 2.74. The predicted octanol–water partition coefficient (Wildman–Crippen LogP) is 0.774. The second-order valence-corrected chi connectivity index (χ2v) is 5.43. The summed E-state index contributed by atoms with van der Waals surface area (Å²) in [6.45, 7) is 2.79. The molecular formula is C9H10O7S2. The van der Waals surface area contributed by atoms with E-state index in [4.69, 9.17) is 0 Å². The van der Waals surface area contributed by atoms with Crippen LogP contribution in [0, 0.1) is 0 Å². The molecule has 0 fully saturated rings. The van der Waals surface area contributed by atoms with Crippen LogP contribution in [-0.4, -0.2) is 23.4 Å². The van der Waals surface area contributed by atoms with Crippen LogP contribution in [0.4, 0.5) is 0 Å². The molecule has 0 atom stereocenters. The highest BCUT2D eigenvalue weighted by atomic mass is 32.3. The van der Waals surface area contributed by atoms with Gasteiger partial charge in [0.15, 0.2) is 0 Å². The van der Waals surface area contributed by atoms with Gasteiger partial charge in [0.25, 0.3) is 0 Å². The van der Waals surface area contributed by atoms with Crippen molar-refractivity contribution in [2.45, 2.75) is 0 Å². The molecule has 18 heavy (non-hydrogen) atoms. The van der Waals surface area contributed by atoms with E-state index >= 15 is 0 Å². The monoisotopic (exact) mass is 294 g/mol. The van der Waals surface area contributed by atoms with Crippen molar-refractivity contribution < 1.29 is 28.8 Å². The molecule has 0 saturated carbocycles. The van der Waals surface area contributed by atoms with Crippen LogP contribution in [0.2, 0.25) is 0 Å². The molecule has 7 nitrogen and oxygen atoms in total. The molecule has 9 heteroatoms. The molecule has 1 aromatic carbocycles. The van der Waals surface area contributed by atoms with Crippen LogP contribution in [0.3, 0.4) is 0 Å². The van der Waals surface area contributed by atoms with Gasteiger partial charge in [0.2, 0.25) is 0 Å². The van der Waals surface area contributed by atoms with Gasteiger partial charge >= 0.3 is 20.8 Å². The lowest BCUT2D eigenvalue weighted by Gasteiger charge is -2.06. The average molecular weight is 294 g/mol. The van der Waals surface area contributed by atoms with Gasteiger partial charge in [-0.25, -0.2) is 4.18 Å². The highest BCUT2D eigenvalue weighted by molar-refractivity contribution is 7.95. The van der Waals surface area contributed by atoms with Crippen molar-refractivity contribution in [3.05, 3.63) is 43.0 Å². The van der Waals surface area contributed by atoms with Crippen LogP contribution < -0.4 is 4.18 Å². The first-order chi connectivity index (χ1) is 8.35. The van der Waals surface area contributed by atoms with E-state index in [2.05, 4.69) is 18.6 Å². The maximum absolute atomic E-state index is 11.2. The van der Waals surface area contributed by atoms with E-state index < -0.39 is 27.4 Å². The number of hydrogen-bond acceptors (Lipinski definition) is 7. The summed E-state index contributed by atoms with van der Waals surface area (Å²) < 4.78 is 56.9. The third-order valence-electron chi connectivity index (χ3n) is 1.44. The zero-order valence-electron chi connectivity index (χ0n) is 9.05. The first-order valence-electron chi connectivity index (χ1n) is 4.55. The lowest BCUT2D eigenvalue weighted by atomic mass is 10.3. The van der Waals surface area contributed by atoms with Crippen molar-refractivity contribution in [3.63, 3.8) is 0 Å². The molecule has 0 aromatic heterocycles. The van der Waals surface area contributed by atoms with Crippen molar-refractivity contribution in [2.75, 3.05) is 6.61 Å². The molecule has 0 aliphatic carbocycles. The fourth-order valence-corrected chi connectivity index (χ4v) is 2.56. The molecule has 0 unspecified atom stereocenters. The number of hydrogen-bond donors (Lipinski definition) is 0. The smallest absolute Gasteiger partial charge is 0.361 e. The number of benzene rings is 1. The van der Waals surface area contributed by atoms with Gasteiger partial charge in [0.1, 0.15) is 5.75 Å². The van der Waals surface area contributed by atoms with Crippen LogP contribution in [0.15, 0.2) is 43.0 Å². The van der Waals surface area contributed by atoms with Gasteiger partial charge in [-0.15, -0.1) is 6.58 Å². The van der Waals surface area contributed by atoms with Crippen LogP contribution in [0.5, 0.6) is 5.75 Å².